The van der Waals surface area contributed by atoms with Gasteiger partial charge >= 0.3 is 0 Å². The minimum absolute atomic E-state index is 0.0590. The number of carbonyl (C=O) groups excluding carboxylic acids is 3. The van der Waals surface area contributed by atoms with E-state index in [1.807, 2.05) is 6.92 Å². The van der Waals surface area contributed by atoms with Crippen LogP contribution >= 0.6 is 23.2 Å². The van der Waals surface area contributed by atoms with Crippen molar-refractivity contribution in [1.29, 1.82) is 0 Å². The van der Waals surface area contributed by atoms with E-state index in [0.717, 1.165) is 18.9 Å². The van der Waals surface area contributed by atoms with Crippen LogP contribution in [0.4, 0.5) is 0 Å². The third kappa shape index (κ3) is 4.19. The van der Waals surface area contributed by atoms with Crippen LogP contribution in [0.1, 0.15) is 32.6 Å². The fourth-order valence-corrected chi connectivity index (χ4v) is 1.77. The highest BCUT2D eigenvalue weighted by Crippen LogP contribution is 2.42. The molecule has 18 heavy (non-hydrogen) atoms. The summed E-state index contributed by atoms with van der Waals surface area (Å²) in [4.78, 5) is 40.9. The van der Waals surface area contributed by atoms with E-state index in [2.05, 4.69) is 15.0 Å². The van der Waals surface area contributed by atoms with Gasteiger partial charge in [0.15, 0.2) is 0 Å². The molecule has 98 valence electrons. The molecule has 0 aromatic carbocycles. The van der Waals surface area contributed by atoms with Crippen LogP contribution in [0, 0.1) is 0 Å². The van der Waals surface area contributed by atoms with Gasteiger partial charge in [0.25, 0.3) is 4.46 Å². The Balaban J connectivity index is 5.53. The van der Waals surface area contributed by atoms with E-state index in [1.54, 1.807) is 0 Å². The van der Waals surface area contributed by atoms with E-state index in [-0.39, 0.29) is 6.42 Å². The lowest BCUT2D eigenvalue weighted by atomic mass is 10.0. The molecule has 0 aliphatic carbocycles. The summed E-state index contributed by atoms with van der Waals surface area (Å²) in [5.74, 6) is 0. The zero-order valence-corrected chi connectivity index (χ0v) is 11.2. The molecule has 0 aromatic rings. The van der Waals surface area contributed by atoms with Crippen LogP contribution in [-0.4, -0.2) is 28.4 Å². The number of hydrogen-bond acceptors (Lipinski definition) is 6. The molecule has 0 heterocycles. The van der Waals surface area contributed by atoms with Crippen molar-refractivity contribution in [3.8, 4) is 0 Å². The zero-order chi connectivity index (χ0) is 14.1. The first-order valence-corrected chi connectivity index (χ1v) is 5.90. The number of halogens is 2. The van der Waals surface area contributed by atoms with Gasteiger partial charge in [-0.2, -0.15) is 15.0 Å². The molecule has 0 aromatic heterocycles. The molecular formula is C10H11Cl2N3O3. The molecule has 0 saturated carbocycles. The molecule has 0 saturated heterocycles. The Bertz CT molecular complexity index is 402. The fraction of sp³-hybridized carbons (Fsp3) is 0.700. The lowest BCUT2D eigenvalue weighted by molar-refractivity contribution is 0.352. The van der Waals surface area contributed by atoms with Gasteiger partial charge in [-0.3, -0.25) is 0 Å². The Morgan fingerprint density at radius 2 is 1.44 bits per heavy atom. The van der Waals surface area contributed by atoms with Crippen molar-refractivity contribution in [1.82, 2.24) is 0 Å². The Labute approximate surface area is 114 Å². The van der Waals surface area contributed by atoms with Gasteiger partial charge in [-0.05, 0) is 12.8 Å². The molecule has 0 aliphatic rings. The number of isocyanates is 3. The molecule has 0 bridgehead atoms. The topological polar surface area (TPSA) is 88.3 Å². The molecule has 0 atom stereocenters. The van der Waals surface area contributed by atoms with Gasteiger partial charge in [0.2, 0.25) is 23.9 Å². The second-order valence-corrected chi connectivity index (χ2v) is 4.71. The van der Waals surface area contributed by atoms with Crippen LogP contribution in [0.15, 0.2) is 15.0 Å². The minimum atomic E-state index is -2.20. The highest BCUT2D eigenvalue weighted by Gasteiger charge is 2.51. The number of alkyl halides is 2. The largest absolute Gasteiger partial charge is 0.266 e. The Hall–Kier alpha value is -1.28. The number of nitrogens with zero attached hydrogens (tertiary/aromatic N) is 3. The molecule has 8 heteroatoms. The third-order valence-corrected chi connectivity index (χ3v) is 3.03. The normalized spacial score (nSPS) is 13.5. The first kappa shape index (κ1) is 16.7. The van der Waals surface area contributed by atoms with Crippen LogP contribution in [0.5, 0.6) is 0 Å². The first-order valence-electron chi connectivity index (χ1n) is 5.14. The van der Waals surface area contributed by atoms with E-state index in [9.17, 15) is 14.4 Å². The Kier molecular flexibility index (Phi) is 7.37. The predicted molar refractivity (Wildman–Crippen MR) is 65.7 cm³/mol. The Morgan fingerprint density at radius 1 is 0.944 bits per heavy atom. The number of unbranched alkanes of at least 4 members (excludes halogenated alkanes) is 2. The number of rotatable bonds is 8. The first-order chi connectivity index (χ1) is 8.49. The monoisotopic (exact) mass is 291 g/mol. The smallest absolute Gasteiger partial charge is 0.211 e. The van der Waals surface area contributed by atoms with Crippen LogP contribution in [0.3, 0.4) is 0 Å². The second-order valence-electron chi connectivity index (χ2n) is 3.42. The van der Waals surface area contributed by atoms with E-state index < -0.39 is 10.1 Å². The lowest BCUT2D eigenvalue weighted by Crippen LogP contribution is -2.42. The predicted octanol–water partition coefficient (Wildman–Crippen LogP) is 2.40. The zero-order valence-electron chi connectivity index (χ0n) is 9.65. The summed E-state index contributed by atoms with van der Waals surface area (Å²) in [6.07, 6.45) is 5.85. The SMILES string of the molecule is CCCCCC(N=C=O)(N=C=O)C(Cl)(Cl)N=C=O. The summed E-state index contributed by atoms with van der Waals surface area (Å²) in [7, 11) is 0. The van der Waals surface area contributed by atoms with Crippen molar-refractivity contribution in [2.45, 2.75) is 42.7 Å². The van der Waals surface area contributed by atoms with Crippen molar-refractivity contribution in [2.75, 3.05) is 0 Å². The fourth-order valence-electron chi connectivity index (χ4n) is 1.34. The average Bonchev–Trinajstić information content (AvgIpc) is 2.29. The molecule has 0 aliphatic heterocycles. The van der Waals surface area contributed by atoms with Crippen molar-refractivity contribution in [3.05, 3.63) is 0 Å². The van der Waals surface area contributed by atoms with Crippen molar-refractivity contribution < 1.29 is 14.4 Å². The van der Waals surface area contributed by atoms with Crippen LogP contribution in [0.2, 0.25) is 0 Å². The summed E-state index contributed by atoms with van der Waals surface area (Å²) >= 11 is 11.6. The van der Waals surface area contributed by atoms with Gasteiger partial charge < -0.3 is 0 Å². The van der Waals surface area contributed by atoms with Gasteiger partial charge in [0.05, 0.1) is 0 Å². The van der Waals surface area contributed by atoms with Crippen molar-refractivity contribution in [2.24, 2.45) is 15.0 Å². The number of aliphatic imine (C=N–C) groups is 3. The molecule has 0 unspecified atom stereocenters. The Morgan fingerprint density at radius 3 is 1.83 bits per heavy atom. The third-order valence-electron chi connectivity index (χ3n) is 2.26. The highest BCUT2D eigenvalue weighted by atomic mass is 35.5. The summed E-state index contributed by atoms with van der Waals surface area (Å²) in [6.45, 7) is 1.95. The van der Waals surface area contributed by atoms with E-state index in [4.69, 9.17) is 23.2 Å². The molecule has 0 radical (unpaired) electrons. The lowest BCUT2D eigenvalue weighted by Gasteiger charge is -2.29. The summed E-state index contributed by atoms with van der Waals surface area (Å²) in [5.41, 5.74) is -1.90. The van der Waals surface area contributed by atoms with Crippen LogP contribution in [-0.2, 0) is 14.4 Å². The van der Waals surface area contributed by atoms with Gasteiger partial charge in [-0.25, -0.2) is 14.4 Å². The molecule has 6 nitrogen and oxygen atoms in total. The van der Waals surface area contributed by atoms with E-state index >= 15 is 0 Å². The average molecular weight is 292 g/mol. The molecule has 0 N–H and O–H groups in total. The van der Waals surface area contributed by atoms with Crippen LogP contribution in [0.25, 0.3) is 0 Å². The molecule has 0 amide bonds. The molecule has 0 fully saturated rings. The van der Waals surface area contributed by atoms with E-state index in [1.165, 1.54) is 12.2 Å². The van der Waals surface area contributed by atoms with E-state index in [0.29, 0.717) is 6.42 Å². The molecular weight excluding hydrogens is 281 g/mol. The number of hydrogen-bond donors (Lipinski definition) is 0. The maximum absolute atomic E-state index is 10.4. The molecule has 0 rings (SSSR count). The summed E-state index contributed by atoms with van der Waals surface area (Å²) < 4.78 is -2.20. The standard InChI is InChI=1S/C10H11Cl2N3O3/c1-2-3-4-5-9(13-6-16,14-7-17)10(11,12)15-8-18/h2-5H2,1H3. The second kappa shape index (κ2) is 7.93. The van der Waals surface area contributed by atoms with Gasteiger partial charge in [0.1, 0.15) is 0 Å². The molecule has 0 spiro atoms. The maximum atomic E-state index is 10.4. The minimum Gasteiger partial charge on any atom is -0.211 e. The highest BCUT2D eigenvalue weighted by molar-refractivity contribution is 6.49. The van der Waals surface area contributed by atoms with Crippen molar-refractivity contribution >= 4 is 41.4 Å². The summed E-state index contributed by atoms with van der Waals surface area (Å²) in [6, 6.07) is 0. The van der Waals surface area contributed by atoms with Crippen LogP contribution < -0.4 is 0 Å². The van der Waals surface area contributed by atoms with Crippen molar-refractivity contribution in [3.63, 3.8) is 0 Å². The van der Waals surface area contributed by atoms with Gasteiger partial charge in [-0.1, -0.05) is 43.0 Å². The maximum Gasteiger partial charge on any atom is 0.266 e. The van der Waals surface area contributed by atoms with Gasteiger partial charge in [-0.15, -0.1) is 0 Å². The van der Waals surface area contributed by atoms with Gasteiger partial charge in [0, 0.05) is 0 Å². The quantitative estimate of drug-likeness (QED) is 0.226. The summed E-state index contributed by atoms with van der Waals surface area (Å²) in [5, 5.41) is 0.